The van der Waals surface area contributed by atoms with Crippen molar-refractivity contribution in [2.45, 2.75) is 23.6 Å². The van der Waals surface area contributed by atoms with Crippen LogP contribution >= 0.6 is 11.8 Å². The smallest absolute Gasteiger partial charge is 0.235 e. The molecule has 0 radical (unpaired) electrons. The summed E-state index contributed by atoms with van der Waals surface area (Å²) in [5.41, 5.74) is 1.34. The second-order valence-corrected chi connectivity index (χ2v) is 7.57. The van der Waals surface area contributed by atoms with Gasteiger partial charge < -0.3 is 4.90 Å². The van der Waals surface area contributed by atoms with Crippen molar-refractivity contribution in [2.24, 2.45) is 0 Å². The van der Waals surface area contributed by atoms with Gasteiger partial charge in [-0.05, 0) is 24.6 Å². The minimum Gasteiger partial charge on any atom is -0.339 e. The average molecular weight is 340 g/mol. The number of rotatable bonds is 5. The van der Waals surface area contributed by atoms with E-state index in [-0.39, 0.29) is 11.2 Å². The molecule has 3 nitrogen and oxygen atoms in total. The molecule has 1 aliphatic heterocycles. The molecule has 2 aromatic rings. The summed E-state index contributed by atoms with van der Waals surface area (Å²) in [6.07, 6.45) is 0. The van der Waals surface area contributed by atoms with Crippen LogP contribution in [0.25, 0.3) is 0 Å². The van der Waals surface area contributed by atoms with Crippen molar-refractivity contribution >= 4 is 17.7 Å². The van der Waals surface area contributed by atoms with E-state index in [4.69, 9.17) is 0 Å². The summed E-state index contributed by atoms with van der Waals surface area (Å²) >= 11 is 1.64. The van der Waals surface area contributed by atoms with Crippen molar-refractivity contribution in [1.82, 2.24) is 9.80 Å². The van der Waals surface area contributed by atoms with Crippen LogP contribution in [0.1, 0.15) is 12.5 Å². The van der Waals surface area contributed by atoms with Gasteiger partial charge in [-0.2, -0.15) is 0 Å². The lowest BCUT2D eigenvalue weighted by Gasteiger charge is -2.35. The number of piperazine rings is 1. The Morgan fingerprint density at radius 1 is 0.958 bits per heavy atom. The van der Waals surface area contributed by atoms with Crippen LogP contribution in [0.4, 0.5) is 0 Å². The molecule has 1 fully saturated rings. The molecule has 1 saturated heterocycles. The van der Waals surface area contributed by atoms with Crippen molar-refractivity contribution in [3.05, 3.63) is 66.2 Å². The van der Waals surface area contributed by atoms with Crippen molar-refractivity contribution < 1.29 is 4.79 Å². The molecule has 0 aromatic heterocycles. The van der Waals surface area contributed by atoms with Gasteiger partial charge in [-0.15, -0.1) is 11.8 Å². The van der Waals surface area contributed by atoms with E-state index in [9.17, 15) is 4.79 Å². The van der Waals surface area contributed by atoms with E-state index >= 15 is 0 Å². The van der Waals surface area contributed by atoms with Crippen molar-refractivity contribution in [1.29, 1.82) is 0 Å². The van der Waals surface area contributed by atoms with Gasteiger partial charge in [0.1, 0.15) is 0 Å². The van der Waals surface area contributed by atoms with E-state index < -0.39 is 0 Å². The molecule has 0 bridgehead atoms. The lowest BCUT2D eigenvalue weighted by molar-refractivity contribution is -0.132. The van der Waals surface area contributed by atoms with Crippen LogP contribution in [-0.4, -0.2) is 47.1 Å². The Labute approximate surface area is 148 Å². The number of carbonyl (C=O) groups excluding carboxylic acids is 1. The second-order valence-electron chi connectivity index (χ2n) is 6.16. The SMILES string of the molecule is C[C@@H](Sc1ccccc1)C(=O)N1CCN(Cc2ccccc2)CC1. The minimum atomic E-state index is -0.0342. The van der Waals surface area contributed by atoms with E-state index in [1.54, 1.807) is 11.8 Å². The first-order valence-corrected chi connectivity index (χ1v) is 9.37. The topological polar surface area (TPSA) is 23.6 Å². The Bertz CT molecular complexity index is 639. The molecule has 0 spiro atoms. The number of benzene rings is 2. The first-order valence-electron chi connectivity index (χ1n) is 8.49. The van der Waals surface area contributed by atoms with Gasteiger partial charge in [-0.3, -0.25) is 9.69 Å². The van der Waals surface area contributed by atoms with Crippen LogP contribution in [0.15, 0.2) is 65.6 Å². The summed E-state index contributed by atoms with van der Waals surface area (Å²) in [5.74, 6) is 0.253. The summed E-state index contributed by atoms with van der Waals surface area (Å²) in [4.78, 5) is 18.2. The third kappa shape index (κ3) is 4.62. The average Bonchev–Trinajstić information content (AvgIpc) is 2.63. The van der Waals surface area contributed by atoms with Gasteiger partial charge in [0.25, 0.3) is 0 Å². The molecule has 0 aliphatic carbocycles. The van der Waals surface area contributed by atoms with Crippen LogP contribution in [0.2, 0.25) is 0 Å². The maximum atomic E-state index is 12.7. The number of hydrogen-bond acceptors (Lipinski definition) is 3. The molecule has 3 rings (SSSR count). The highest BCUT2D eigenvalue weighted by Gasteiger charge is 2.25. The van der Waals surface area contributed by atoms with E-state index in [1.165, 1.54) is 5.56 Å². The van der Waals surface area contributed by atoms with Crippen LogP contribution in [0.5, 0.6) is 0 Å². The molecule has 1 aliphatic rings. The zero-order valence-electron chi connectivity index (χ0n) is 14.1. The van der Waals surface area contributed by atoms with Crippen LogP contribution in [0, 0.1) is 0 Å². The predicted molar refractivity (Wildman–Crippen MR) is 100 cm³/mol. The first kappa shape index (κ1) is 17.1. The Morgan fingerprint density at radius 3 is 2.17 bits per heavy atom. The molecule has 1 amide bonds. The summed E-state index contributed by atoms with van der Waals surface area (Å²) in [5, 5.41) is -0.0342. The fraction of sp³-hybridized carbons (Fsp3) is 0.350. The second kappa shape index (κ2) is 8.36. The van der Waals surface area contributed by atoms with Gasteiger partial charge in [-0.25, -0.2) is 0 Å². The van der Waals surface area contributed by atoms with Crippen molar-refractivity contribution in [3.8, 4) is 0 Å². The Kier molecular flexibility index (Phi) is 5.94. The van der Waals surface area contributed by atoms with Crippen LogP contribution in [-0.2, 0) is 11.3 Å². The molecular weight excluding hydrogens is 316 g/mol. The van der Waals surface area contributed by atoms with E-state index in [0.29, 0.717) is 0 Å². The summed E-state index contributed by atoms with van der Waals surface area (Å²) in [6, 6.07) is 20.7. The Hall–Kier alpha value is -1.78. The first-order chi connectivity index (χ1) is 11.7. The summed E-state index contributed by atoms with van der Waals surface area (Å²) < 4.78 is 0. The summed E-state index contributed by atoms with van der Waals surface area (Å²) in [6.45, 7) is 6.52. The lowest BCUT2D eigenvalue weighted by atomic mass is 10.2. The predicted octanol–water partition coefficient (Wildman–Crippen LogP) is 3.51. The molecule has 0 saturated carbocycles. The molecular formula is C20H24N2OS. The molecule has 2 aromatic carbocycles. The normalized spacial score (nSPS) is 16.8. The lowest BCUT2D eigenvalue weighted by Crippen LogP contribution is -2.50. The maximum Gasteiger partial charge on any atom is 0.235 e. The third-order valence-electron chi connectivity index (χ3n) is 4.34. The van der Waals surface area contributed by atoms with Gasteiger partial charge in [0, 0.05) is 37.6 Å². The zero-order chi connectivity index (χ0) is 16.8. The van der Waals surface area contributed by atoms with Crippen LogP contribution in [0.3, 0.4) is 0 Å². The van der Waals surface area contributed by atoms with Gasteiger partial charge in [-0.1, -0.05) is 48.5 Å². The largest absolute Gasteiger partial charge is 0.339 e. The van der Waals surface area contributed by atoms with Crippen molar-refractivity contribution in [3.63, 3.8) is 0 Å². The fourth-order valence-corrected chi connectivity index (χ4v) is 3.95. The molecule has 126 valence electrons. The van der Waals surface area contributed by atoms with E-state index in [1.807, 2.05) is 36.1 Å². The zero-order valence-corrected chi connectivity index (χ0v) is 14.9. The number of hydrogen-bond donors (Lipinski definition) is 0. The minimum absolute atomic E-state index is 0.0342. The maximum absolute atomic E-state index is 12.7. The molecule has 0 N–H and O–H groups in total. The third-order valence-corrected chi connectivity index (χ3v) is 5.44. The highest BCUT2D eigenvalue weighted by Crippen LogP contribution is 2.24. The molecule has 4 heteroatoms. The fourth-order valence-electron chi connectivity index (χ4n) is 2.98. The van der Waals surface area contributed by atoms with Gasteiger partial charge >= 0.3 is 0 Å². The Morgan fingerprint density at radius 2 is 1.54 bits per heavy atom. The summed E-state index contributed by atoms with van der Waals surface area (Å²) in [7, 11) is 0. The number of carbonyl (C=O) groups is 1. The Balaban J connectivity index is 1.48. The number of nitrogens with zero attached hydrogens (tertiary/aromatic N) is 2. The van der Waals surface area contributed by atoms with Crippen LogP contribution < -0.4 is 0 Å². The highest BCUT2D eigenvalue weighted by molar-refractivity contribution is 8.00. The standard InChI is InChI=1S/C20H24N2OS/c1-17(24-19-10-6-3-7-11-19)20(23)22-14-12-21(13-15-22)16-18-8-4-2-5-9-18/h2-11,17H,12-16H2,1H3/t17-/m1/s1. The van der Waals surface area contributed by atoms with Gasteiger partial charge in [0.15, 0.2) is 0 Å². The number of amides is 1. The van der Waals surface area contributed by atoms with E-state index in [0.717, 1.165) is 37.6 Å². The molecule has 1 atom stereocenters. The highest BCUT2D eigenvalue weighted by atomic mass is 32.2. The molecule has 24 heavy (non-hydrogen) atoms. The molecule has 0 unspecified atom stereocenters. The molecule has 1 heterocycles. The monoisotopic (exact) mass is 340 g/mol. The number of thioether (sulfide) groups is 1. The van der Waals surface area contributed by atoms with Gasteiger partial charge in [0.2, 0.25) is 5.91 Å². The van der Waals surface area contributed by atoms with Crippen molar-refractivity contribution in [2.75, 3.05) is 26.2 Å². The van der Waals surface area contributed by atoms with E-state index in [2.05, 4.69) is 41.3 Å². The van der Waals surface area contributed by atoms with Gasteiger partial charge in [0.05, 0.1) is 5.25 Å². The quantitative estimate of drug-likeness (QED) is 0.778.